The predicted octanol–water partition coefficient (Wildman–Crippen LogP) is 2.53. The minimum Gasteiger partial charge on any atom is -0.370 e. The molecule has 1 N–H and O–H groups in total. The van der Waals surface area contributed by atoms with Gasteiger partial charge in [0.15, 0.2) is 5.96 Å². The average Bonchev–Trinajstić information content (AvgIpc) is 3.23. The monoisotopic (exact) mass is 515 g/mol. The standard InChI is InChI=1S/C20H33N7O.HI/c1-6-21-20(22-10-15(2)12-27-17(4)9-16(3)24-27)26-7-8-28-19(14-26)18-11-23-25(5)13-18;/h9,11,13,15,19H,6-8,10,12,14H2,1-5H3,(H,21,22);1H. The van der Waals surface area contributed by atoms with E-state index in [-0.39, 0.29) is 30.1 Å². The van der Waals surface area contributed by atoms with Crippen LogP contribution in [0.5, 0.6) is 0 Å². The molecule has 162 valence electrons. The van der Waals surface area contributed by atoms with Crippen LogP contribution in [0.3, 0.4) is 0 Å². The Morgan fingerprint density at radius 2 is 2.21 bits per heavy atom. The Bertz CT molecular complexity index is 801. The molecule has 3 rings (SSSR count). The van der Waals surface area contributed by atoms with Gasteiger partial charge in [0.1, 0.15) is 6.10 Å². The number of hydrogen-bond acceptors (Lipinski definition) is 4. The van der Waals surface area contributed by atoms with Crippen LogP contribution in [0, 0.1) is 19.8 Å². The van der Waals surface area contributed by atoms with Gasteiger partial charge in [-0.2, -0.15) is 10.2 Å². The van der Waals surface area contributed by atoms with Crippen LogP contribution >= 0.6 is 24.0 Å². The topological polar surface area (TPSA) is 72.5 Å². The first-order chi connectivity index (χ1) is 13.5. The summed E-state index contributed by atoms with van der Waals surface area (Å²) in [6.45, 7) is 13.3. The van der Waals surface area contributed by atoms with E-state index < -0.39 is 0 Å². The molecule has 8 nitrogen and oxygen atoms in total. The van der Waals surface area contributed by atoms with Crippen molar-refractivity contribution in [1.82, 2.24) is 29.8 Å². The highest BCUT2D eigenvalue weighted by molar-refractivity contribution is 14.0. The number of guanidine groups is 1. The summed E-state index contributed by atoms with van der Waals surface area (Å²) in [6.07, 6.45) is 3.93. The normalized spacial score (nSPS) is 18.4. The summed E-state index contributed by atoms with van der Waals surface area (Å²) in [6, 6.07) is 2.12. The third kappa shape index (κ3) is 6.43. The van der Waals surface area contributed by atoms with Gasteiger partial charge in [-0.25, -0.2) is 0 Å². The second kappa shape index (κ2) is 11.0. The molecular formula is C20H34IN7O. The van der Waals surface area contributed by atoms with Crippen LogP contribution in [0.2, 0.25) is 0 Å². The number of hydrogen-bond donors (Lipinski definition) is 1. The smallest absolute Gasteiger partial charge is 0.194 e. The van der Waals surface area contributed by atoms with Gasteiger partial charge < -0.3 is 15.0 Å². The van der Waals surface area contributed by atoms with Crippen LogP contribution in [-0.4, -0.2) is 63.2 Å². The van der Waals surface area contributed by atoms with E-state index in [2.05, 4.69) is 51.9 Å². The summed E-state index contributed by atoms with van der Waals surface area (Å²) in [5, 5.41) is 12.3. The van der Waals surface area contributed by atoms with E-state index in [0.29, 0.717) is 12.5 Å². The van der Waals surface area contributed by atoms with Crippen molar-refractivity contribution in [3.8, 4) is 0 Å². The zero-order valence-electron chi connectivity index (χ0n) is 18.1. The van der Waals surface area contributed by atoms with Crippen LogP contribution < -0.4 is 5.32 Å². The van der Waals surface area contributed by atoms with Crippen LogP contribution in [0.1, 0.15) is 36.9 Å². The van der Waals surface area contributed by atoms with E-state index in [1.54, 1.807) is 0 Å². The maximum atomic E-state index is 5.97. The van der Waals surface area contributed by atoms with Crippen molar-refractivity contribution in [2.75, 3.05) is 32.8 Å². The fraction of sp³-hybridized carbons (Fsp3) is 0.650. The highest BCUT2D eigenvalue weighted by Crippen LogP contribution is 2.21. The number of nitrogens with one attached hydrogen (secondary N) is 1. The van der Waals surface area contributed by atoms with E-state index in [1.807, 2.05) is 31.0 Å². The van der Waals surface area contributed by atoms with Crippen LogP contribution in [0.25, 0.3) is 0 Å². The molecule has 0 aromatic carbocycles. The molecule has 0 aliphatic carbocycles. The molecular weight excluding hydrogens is 481 g/mol. The number of nitrogens with zero attached hydrogens (tertiary/aromatic N) is 6. The SMILES string of the molecule is CCNC(=NCC(C)Cn1nc(C)cc1C)N1CCOC(c2cnn(C)c2)C1.I. The summed E-state index contributed by atoms with van der Waals surface area (Å²) in [4.78, 5) is 7.21. The molecule has 0 amide bonds. The summed E-state index contributed by atoms with van der Waals surface area (Å²) >= 11 is 0. The fourth-order valence-corrected chi connectivity index (χ4v) is 3.53. The lowest BCUT2D eigenvalue weighted by Crippen LogP contribution is -2.48. The predicted molar refractivity (Wildman–Crippen MR) is 126 cm³/mol. The maximum Gasteiger partial charge on any atom is 0.194 e. The van der Waals surface area contributed by atoms with Gasteiger partial charge in [0.25, 0.3) is 0 Å². The van der Waals surface area contributed by atoms with Crippen molar-refractivity contribution in [3.63, 3.8) is 0 Å². The molecule has 1 saturated heterocycles. The summed E-state index contributed by atoms with van der Waals surface area (Å²) < 4.78 is 9.86. The molecule has 2 unspecified atom stereocenters. The molecule has 0 saturated carbocycles. The first kappa shape index (κ1) is 23.7. The molecule has 0 bridgehead atoms. The molecule has 1 fully saturated rings. The molecule has 0 spiro atoms. The molecule has 9 heteroatoms. The van der Waals surface area contributed by atoms with Crippen molar-refractivity contribution >= 4 is 29.9 Å². The van der Waals surface area contributed by atoms with Gasteiger partial charge in [-0.1, -0.05) is 6.92 Å². The van der Waals surface area contributed by atoms with Gasteiger partial charge in [-0.3, -0.25) is 14.4 Å². The van der Waals surface area contributed by atoms with E-state index in [1.165, 1.54) is 5.69 Å². The number of aliphatic imine (C=N–C) groups is 1. The van der Waals surface area contributed by atoms with E-state index >= 15 is 0 Å². The molecule has 2 aromatic rings. The second-order valence-corrected chi connectivity index (χ2v) is 7.66. The fourth-order valence-electron chi connectivity index (χ4n) is 3.53. The molecule has 2 aromatic heterocycles. The van der Waals surface area contributed by atoms with Gasteiger partial charge >= 0.3 is 0 Å². The van der Waals surface area contributed by atoms with Crippen molar-refractivity contribution < 1.29 is 4.74 Å². The van der Waals surface area contributed by atoms with Gasteiger partial charge in [-0.05, 0) is 32.8 Å². The van der Waals surface area contributed by atoms with Gasteiger partial charge in [-0.15, -0.1) is 24.0 Å². The highest BCUT2D eigenvalue weighted by atomic mass is 127. The Hall–Kier alpha value is -1.62. The van der Waals surface area contributed by atoms with Gasteiger partial charge in [0.05, 0.1) is 25.0 Å². The molecule has 1 aliphatic rings. The Kier molecular flexibility index (Phi) is 8.94. The number of aryl methyl sites for hydroxylation is 3. The van der Waals surface area contributed by atoms with Crippen LogP contribution in [0.15, 0.2) is 23.5 Å². The lowest BCUT2D eigenvalue weighted by atomic mass is 10.1. The number of halogens is 1. The van der Waals surface area contributed by atoms with Crippen molar-refractivity contribution in [2.24, 2.45) is 18.0 Å². The minimum absolute atomic E-state index is 0. The quantitative estimate of drug-likeness (QED) is 0.364. The highest BCUT2D eigenvalue weighted by Gasteiger charge is 2.25. The molecule has 29 heavy (non-hydrogen) atoms. The average molecular weight is 515 g/mol. The lowest BCUT2D eigenvalue weighted by Gasteiger charge is -2.35. The third-order valence-corrected chi connectivity index (χ3v) is 4.94. The van der Waals surface area contributed by atoms with Gasteiger partial charge in [0, 0.05) is 50.7 Å². The number of morpholine rings is 1. The summed E-state index contributed by atoms with van der Waals surface area (Å²) in [7, 11) is 1.93. The Balaban J connectivity index is 0.00000300. The molecule has 2 atom stereocenters. The summed E-state index contributed by atoms with van der Waals surface area (Å²) in [5.74, 6) is 1.36. The largest absolute Gasteiger partial charge is 0.370 e. The van der Waals surface area contributed by atoms with E-state index in [9.17, 15) is 0 Å². The first-order valence-corrected chi connectivity index (χ1v) is 10.1. The third-order valence-electron chi connectivity index (χ3n) is 4.94. The Labute approximate surface area is 190 Å². The van der Waals surface area contributed by atoms with Crippen LogP contribution in [-0.2, 0) is 18.3 Å². The molecule has 1 aliphatic heterocycles. The Morgan fingerprint density at radius 1 is 1.41 bits per heavy atom. The number of rotatable bonds is 6. The minimum atomic E-state index is 0. The molecule has 0 radical (unpaired) electrons. The van der Waals surface area contributed by atoms with Crippen molar-refractivity contribution in [3.05, 3.63) is 35.4 Å². The summed E-state index contributed by atoms with van der Waals surface area (Å²) in [5.41, 5.74) is 3.38. The second-order valence-electron chi connectivity index (χ2n) is 7.66. The first-order valence-electron chi connectivity index (χ1n) is 10.1. The Morgan fingerprint density at radius 3 is 2.83 bits per heavy atom. The maximum absolute atomic E-state index is 5.97. The number of aromatic nitrogens is 4. The molecule has 3 heterocycles. The van der Waals surface area contributed by atoms with Crippen molar-refractivity contribution in [2.45, 2.75) is 40.3 Å². The van der Waals surface area contributed by atoms with Crippen LogP contribution in [0.4, 0.5) is 0 Å². The zero-order chi connectivity index (χ0) is 20.1. The van der Waals surface area contributed by atoms with E-state index in [4.69, 9.17) is 9.73 Å². The lowest BCUT2D eigenvalue weighted by molar-refractivity contribution is -0.00806. The number of ether oxygens (including phenoxy) is 1. The van der Waals surface area contributed by atoms with E-state index in [0.717, 1.165) is 49.9 Å². The van der Waals surface area contributed by atoms with Gasteiger partial charge in [0.2, 0.25) is 0 Å². The zero-order valence-corrected chi connectivity index (χ0v) is 20.5. The van der Waals surface area contributed by atoms with Crippen molar-refractivity contribution in [1.29, 1.82) is 0 Å².